The van der Waals surface area contributed by atoms with Crippen LogP contribution >= 0.6 is 27.3 Å². The molecule has 0 aromatic carbocycles. The van der Waals surface area contributed by atoms with Gasteiger partial charge in [-0.3, -0.25) is 4.98 Å². The van der Waals surface area contributed by atoms with E-state index in [-0.39, 0.29) is 6.04 Å². The Morgan fingerprint density at radius 1 is 1.33 bits per heavy atom. The highest BCUT2D eigenvalue weighted by atomic mass is 79.9. The molecule has 2 aromatic heterocycles. The van der Waals surface area contributed by atoms with Crippen molar-refractivity contribution in [3.8, 4) is 0 Å². The van der Waals surface area contributed by atoms with E-state index in [0.29, 0.717) is 0 Å². The van der Waals surface area contributed by atoms with Crippen LogP contribution in [0.1, 0.15) is 53.4 Å². The molecule has 5 heteroatoms. The van der Waals surface area contributed by atoms with Crippen LogP contribution in [-0.2, 0) is 12.8 Å². The largest absolute Gasteiger partial charge is 0.304 e. The first-order valence-corrected chi connectivity index (χ1v) is 9.21. The van der Waals surface area contributed by atoms with Crippen molar-refractivity contribution in [3.05, 3.63) is 44.1 Å². The van der Waals surface area contributed by atoms with Crippen molar-refractivity contribution in [2.75, 3.05) is 6.54 Å². The van der Waals surface area contributed by atoms with E-state index in [1.54, 1.807) is 0 Å². The van der Waals surface area contributed by atoms with E-state index in [9.17, 15) is 0 Å². The number of fused-ring (bicyclic) bond motifs is 1. The van der Waals surface area contributed by atoms with Crippen molar-refractivity contribution in [2.45, 2.75) is 45.1 Å². The number of pyridine rings is 1. The van der Waals surface area contributed by atoms with E-state index in [2.05, 4.69) is 39.2 Å². The van der Waals surface area contributed by atoms with Gasteiger partial charge in [0.2, 0.25) is 0 Å². The molecule has 0 spiro atoms. The van der Waals surface area contributed by atoms with E-state index in [0.717, 1.165) is 23.9 Å². The minimum atomic E-state index is 0.158. The van der Waals surface area contributed by atoms with Crippen LogP contribution in [0.15, 0.2) is 22.9 Å². The summed E-state index contributed by atoms with van der Waals surface area (Å²) in [6.07, 6.45) is 9.81. The van der Waals surface area contributed by atoms with Gasteiger partial charge in [0.15, 0.2) is 0 Å². The fourth-order valence-electron chi connectivity index (χ4n) is 2.72. The van der Waals surface area contributed by atoms with Gasteiger partial charge in [-0.2, -0.15) is 0 Å². The van der Waals surface area contributed by atoms with Gasteiger partial charge >= 0.3 is 0 Å². The molecule has 1 aliphatic rings. The maximum Gasteiger partial charge on any atom is 0.115 e. The van der Waals surface area contributed by atoms with E-state index < -0.39 is 0 Å². The standard InChI is InChI=1S/C16H20BrN3S/c1-2-7-19-15(11-8-12(17)10-18-9-11)16-20-13-5-3-4-6-14(13)21-16/h8-10,15,19H,2-7H2,1H3. The first-order chi connectivity index (χ1) is 10.3. The molecular weight excluding hydrogens is 346 g/mol. The summed E-state index contributed by atoms with van der Waals surface area (Å²) in [5.74, 6) is 0. The lowest BCUT2D eigenvalue weighted by molar-refractivity contribution is 0.590. The van der Waals surface area contributed by atoms with Crippen LogP contribution in [0.25, 0.3) is 0 Å². The van der Waals surface area contributed by atoms with Crippen molar-refractivity contribution in [2.24, 2.45) is 0 Å². The zero-order chi connectivity index (χ0) is 14.7. The van der Waals surface area contributed by atoms with Gasteiger partial charge < -0.3 is 5.32 Å². The van der Waals surface area contributed by atoms with Crippen LogP contribution in [0.5, 0.6) is 0 Å². The quantitative estimate of drug-likeness (QED) is 0.859. The number of aromatic nitrogens is 2. The Morgan fingerprint density at radius 3 is 2.95 bits per heavy atom. The second-order valence-corrected chi connectivity index (χ2v) is 7.48. The summed E-state index contributed by atoms with van der Waals surface area (Å²) in [5.41, 5.74) is 2.51. The monoisotopic (exact) mass is 365 g/mol. The SMILES string of the molecule is CCCNC(c1cncc(Br)c1)c1nc2c(s1)CCCC2. The summed E-state index contributed by atoms with van der Waals surface area (Å²) in [7, 11) is 0. The molecule has 1 atom stereocenters. The number of hydrogen-bond donors (Lipinski definition) is 1. The van der Waals surface area contributed by atoms with E-state index in [4.69, 9.17) is 4.98 Å². The second-order valence-electron chi connectivity index (χ2n) is 5.45. The Morgan fingerprint density at radius 2 is 2.19 bits per heavy atom. The third-order valence-corrected chi connectivity index (χ3v) is 5.42. The van der Waals surface area contributed by atoms with Crippen molar-refractivity contribution in [1.29, 1.82) is 0 Å². The van der Waals surface area contributed by atoms with Crippen LogP contribution in [-0.4, -0.2) is 16.5 Å². The molecular formula is C16H20BrN3S. The number of nitrogens with zero attached hydrogens (tertiary/aromatic N) is 2. The Kier molecular flexibility index (Phi) is 5.03. The summed E-state index contributed by atoms with van der Waals surface area (Å²) in [6, 6.07) is 2.30. The fraction of sp³-hybridized carbons (Fsp3) is 0.500. The van der Waals surface area contributed by atoms with Crippen molar-refractivity contribution < 1.29 is 0 Å². The molecule has 0 radical (unpaired) electrons. The number of nitrogens with one attached hydrogen (secondary N) is 1. The number of aryl methyl sites for hydroxylation is 2. The van der Waals surface area contributed by atoms with Crippen LogP contribution in [0.2, 0.25) is 0 Å². The van der Waals surface area contributed by atoms with E-state index in [1.807, 2.05) is 23.7 Å². The van der Waals surface area contributed by atoms with Crippen LogP contribution in [0.3, 0.4) is 0 Å². The average molecular weight is 366 g/mol. The van der Waals surface area contributed by atoms with Crippen LogP contribution < -0.4 is 5.32 Å². The minimum absolute atomic E-state index is 0.158. The summed E-state index contributed by atoms with van der Waals surface area (Å²) in [5, 5.41) is 4.82. The molecule has 2 aromatic rings. The van der Waals surface area contributed by atoms with Gasteiger partial charge in [0.25, 0.3) is 0 Å². The Bertz CT molecular complexity index is 588. The summed E-state index contributed by atoms with van der Waals surface area (Å²) in [6.45, 7) is 3.18. The van der Waals surface area contributed by atoms with Gasteiger partial charge in [-0.15, -0.1) is 11.3 Å². The summed E-state index contributed by atoms with van der Waals surface area (Å²) < 4.78 is 1.02. The molecule has 2 heterocycles. The highest BCUT2D eigenvalue weighted by Gasteiger charge is 2.22. The Balaban J connectivity index is 1.93. The number of thiazole rings is 1. The van der Waals surface area contributed by atoms with Crippen molar-refractivity contribution >= 4 is 27.3 Å². The molecule has 21 heavy (non-hydrogen) atoms. The third kappa shape index (κ3) is 3.52. The molecule has 0 bridgehead atoms. The molecule has 0 fully saturated rings. The van der Waals surface area contributed by atoms with E-state index in [1.165, 1.54) is 40.4 Å². The maximum atomic E-state index is 4.92. The lowest BCUT2D eigenvalue weighted by Gasteiger charge is -2.16. The molecule has 112 valence electrons. The normalized spacial score (nSPS) is 15.7. The predicted molar refractivity (Wildman–Crippen MR) is 90.8 cm³/mol. The van der Waals surface area contributed by atoms with Crippen molar-refractivity contribution in [1.82, 2.24) is 15.3 Å². The highest BCUT2D eigenvalue weighted by molar-refractivity contribution is 9.10. The summed E-state index contributed by atoms with van der Waals surface area (Å²) in [4.78, 5) is 10.7. The predicted octanol–water partition coefficient (Wildman–Crippen LogP) is 4.27. The first-order valence-electron chi connectivity index (χ1n) is 7.60. The van der Waals surface area contributed by atoms with Gasteiger partial charge in [0.1, 0.15) is 5.01 Å². The topological polar surface area (TPSA) is 37.8 Å². The van der Waals surface area contributed by atoms with Gasteiger partial charge in [0, 0.05) is 21.7 Å². The number of hydrogen-bond acceptors (Lipinski definition) is 4. The average Bonchev–Trinajstić information content (AvgIpc) is 2.91. The molecule has 0 amide bonds. The van der Waals surface area contributed by atoms with Crippen LogP contribution in [0.4, 0.5) is 0 Å². The summed E-state index contributed by atoms with van der Waals surface area (Å²) >= 11 is 5.40. The molecule has 1 unspecified atom stereocenters. The number of rotatable bonds is 5. The first kappa shape index (κ1) is 15.1. The minimum Gasteiger partial charge on any atom is -0.304 e. The molecule has 0 saturated carbocycles. The molecule has 3 rings (SSSR count). The van der Waals surface area contributed by atoms with Gasteiger partial charge in [-0.1, -0.05) is 6.92 Å². The molecule has 1 aliphatic carbocycles. The molecule has 3 nitrogen and oxygen atoms in total. The molecule has 0 saturated heterocycles. The fourth-order valence-corrected chi connectivity index (χ4v) is 4.36. The second kappa shape index (κ2) is 6.99. The zero-order valence-electron chi connectivity index (χ0n) is 12.2. The van der Waals surface area contributed by atoms with Crippen molar-refractivity contribution in [3.63, 3.8) is 0 Å². The lowest BCUT2D eigenvalue weighted by Crippen LogP contribution is -2.23. The molecule has 0 aliphatic heterocycles. The zero-order valence-corrected chi connectivity index (χ0v) is 14.6. The van der Waals surface area contributed by atoms with Gasteiger partial charge in [-0.25, -0.2) is 4.98 Å². The van der Waals surface area contributed by atoms with Crippen LogP contribution in [0, 0.1) is 0 Å². The maximum absolute atomic E-state index is 4.92. The lowest BCUT2D eigenvalue weighted by atomic mass is 10.0. The van der Waals surface area contributed by atoms with E-state index >= 15 is 0 Å². The Labute approximate surface area is 138 Å². The third-order valence-electron chi connectivity index (χ3n) is 3.77. The van der Waals surface area contributed by atoms with Gasteiger partial charge in [-0.05, 0) is 66.2 Å². The smallest absolute Gasteiger partial charge is 0.115 e. The Hall–Kier alpha value is -0.780. The number of halogens is 1. The molecule has 1 N–H and O–H groups in total. The highest BCUT2D eigenvalue weighted by Crippen LogP contribution is 2.33. The van der Waals surface area contributed by atoms with Gasteiger partial charge in [0.05, 0.1) is 11.7 Å².